The number of rotatable bonds is 10. The highest BCUT2D eigenvalue weighted by Gasteiger charge is 2.19. The van der Waals surface area contributed by atoms with Crippen LogP contribution >= 0.6 is 11.6 Å². The van der Waals surface area contributed by atoms with E-state index in [0.29, 0.717) is 28.9 Å². The van der Waals surface area contributed by atoms with Crippen molar-refractivity contribution < 1.29 is 17.9 Å². The molecule has 0 aliphatic carbocycles. The number of carbonyl (C=O) groups excluding carboxylic acids is 1. The first-order valence-corrected chi connectivity index (χ1v) is 13.1. The number of sulfonamides is 1. The molecule has 0 aromatic heterocycles. The van der Waals surface area contributed by atoms with Crippen molar-refractivity contribution in [1.82, 2.24) is 10.2 Å². The van der Waals surface area contributed by atoms with Crippen LogP contribution in [0.15, 0.2) is 47.4 Å². The molecule has 1 atom stereocenters. The number of unbranched alkanes of at least 4 members (excludes halogenated alkanes) is 1. The second kappa shape index (κ2) is 11.7. The van der Waals surface area contributed by atoms with Gasteiger partial charge in [-0.1, -0.05) is 24.1 Å². The van der Waals surface area contributed by atoms with E-state index in [1.807, 2.05) is 0 Å². The van der Waals surface area contributed by atoms with E-state index in [0.717, 1.165) is 25.9 Å². The number of benzene rings is 2. The Kier molecular flexibility index (Phi) is 9.00. The van der Waals surface area contributed by atoms with Crippen molar-refractivity contribution in [2.45, 2.75) is 50.0 Å². The molecule has 1 unspecified atom stereocenters. The Labute approximate surface area is 201 Å². The Morgan fingerprint density at radius 2 is 2.00 bits per heavy atom. The monoisotopic (exact) mass is 493 g/mol. The molecule has 1 heterocycles. The van der Waals surface area contributed by atoms with Crippen molar-refractivity contribution in [2.24, 2.45) is 0 Å². The molecule has 1 aliphatic heterocycles. The summed E-state index contributed by atoms with van der Waals surface area (Å²) in [6, 6.07) is 11.3. The normalized spacial score (nSPS) is 16.9. The van der Waals surface area contributed by atoms with Crippen molar-refractivity contribution in [3.8, 4) is 5.75 Å². The molecule has 2 N–H and O–H groups in total. The van der Waals surface area contributed by atoms with Crippen LogP contribution in [0.5, 0.6) is 5.75 Å². The van der Waals surface area contributed by atoms with E-state index in [1.165, 1.54) is 44.6 Å². The lowest BCUT2D eigenvalue weighted by atomic mass is 10.0. The van der Waals surface area contributed by atoms with E-state index in [1.54, 1.807) is 24.3 Å². The van der Waals surface area contributed by atoms with Crippen LogP contribution in [0.3, 0.4) is 0 Å². The first-order valence-electron chi connectivity index (χ1n) is 11.3. The Morgan fingerprint density at radius 3 is 2.76 bits per heavy atom. The van der Waals surface area contributed by atoms with Crippen LogP contribution < -0.4 is 14.8 Å². The summed E-state index contributed by atoms with van der Waals surface area (Å²) in [7, 11) is -2.50. The van der Waals surface area contributed by atoms with Gasteiger partial charge < -0.3 is 15.0 Å². The molecule has 0 bridgehead atoms. The summed E-state index contributed by atoms with van der Waals surface area (Å²) in [5, 5.41) is 3.26. The van der Waals surface area contributed by atoms with Gasteiger partial charge in [0.15, 0.2) is 0 Å². The van der Waals surface area contributed by atoms with Gasteiger partial charge in [-0.15, -0.1) is 0 Å². The van der Waals surface area contributed by atoms with Crippen LogP contribution in [0.1, 0.15) is 49.4 Å². The number of carbonyl (C=O) groups is 1. The third kappa shape index (κ3) is 7.09. The fourth-order valence-electron chi connectivity index (χ4n) is 4.00. The number of piperidine rings is 1. The number of hydrogen-bond acceptors (Lipinski definition) is 5. The maximum Gasteiger partial charge on any atom is 0.262 e. The number of nitrogens with one attached hydrogen (secondary N) is 2. The Balaban J connectivity index is 1.56. The van der Waals surface area contributed by atoms with Gasteiger partial charge in [0.1, 0.15) is 5.75 Å². The van der Waals surface area contributed by atoms with Gasteiger partial charge in [-0.2, -0.15) is 0 Å². The molecule has 3 rings (SSSR count). The van der Waals surface area contributed by atoms with Crippen LogP contribution in [-0.4, -0.2) is 52.0 Å². The smallest absolute Gasteiger partial charge is 0.262 e. The molecule has 2 aromatic carbocycles. The van der Waals surface area contributed by atoms with E-state index in [4.69, 9.17) is 16.3 Å². The number of ether oxygens (including phenoxy) is 1. The number of hydrogen-bond donors (Lipinski definition) is 2. The molecule has 9 heteroatoms. The zero-order chi connectivity index (χ0) is 23.8. The van der Waals surface area contributed by atoms with Gasteiger partial charge in [0.05, 0.1) is 17.7 Å². The number of anilines is 1. The van der Waals surface area contributed by atoms with Crippen LogP contribution in [0.4, 0.5) is 5.69 Å². The fourth-order valence-corrected chi connectivity index (χ4v) is 5.28. The summed E-state index contributed by atoms with van der Waals surface area (Å²) < 4.78 is 33.5. The molecule has 0 radical (unpaired) electrons. The maximum absolute atomic E-state index is 12.9. The second-order valence-electron chi connectivity index (χ2n) is 8.32. The second-order valence-corrected chi connectivity index (χ2v) is 10.4. The zero-order valence-electron chi connectivity index (χ0n) is 19.1. The summed E-state index contributed by atoms with van der Waals surface area (Å²) in [6.07, 6.45) is 5.73. The van der Waals surface area contributed by atoms with Gasteiger partial charge in [0.2, 0.25) is 0 Å². The minimum Gasteiger partial charge on any atom is -0.495 e. The van der Waals surface area contributed by atoms with E-state index in [-0.39, 0.29) is 16.5 Å². The molecule has 2 aromatic rings. The van der Waals surface area contributed by atoms with Gasteiger partial charge in [-0.05, 0) is 82.1 Å². The van der Waals surface area contributed by atoms with Gasteiger partial charge in [-0.3, -0.25) is 9.52 Å². The van der Waals surface area contributed by atoms with E-state index >= 15 is 0 Å². The summed E-state index contributed by atoms with van der Waals surface area (Å²) in [5.41, 5.74) is 0.517. The first-order chi connectivity index (χ1) is 15.8. The van der Waals surface area contributed by atoms with Crippen molar-refractivity contribution in [3.63, 3.8) is 0 Å². The van der Waals surface area contributed by atoms with Crippen molar-refractivity contribution >= 4 is 33.2 Å². The minimum absolute atomic E-state index is 0.0173. The lowest BCUT2D eigenvalue weighted by Gasteiger charge is -2.33. The first kappa shape index (κ1) is 25.3. The van der Waals surface area contributed by atoms with Crippen LogP contribution in [0.2, 0.25) is 5.02 Å². The highest BCUT2D eigenvalue weighted by Crippen LogP contribution is 2.30. The van der Waals surface area contributed by atoms with Gasteiger partial charge in [-0.25, -0.2) is 8.42 Å². The van der Waals surface area contributed by atoms with E-state index in [9.17, 15) is 13.2 Å². The highest BCUT2D eigenvalue weighted by atomic mass is 35.5. The molecular formula is C24H32ClN3O4S. The zero-order valence-corrected chi connectivity index (χ0v) is 20.7. The lowest BCUT2D eigenvalue weighted by Crippen LogP contribution is -2.38. The topological polar surface area (TPSA) is 87.7 Å². The van der Waals surface area contributed by atoms with Gasteiger partial charge >= 0.3 is 0 Å². The van der Waals surface area contributed by atoms with Crippen molar-refractivity contribution in [3.05, 3.63) is 53.1 Å². The Morgan fingerprint density at radius 1 is 1.18 bits per heavy atom. The van der Waals surface area contributed by atoms with Crippen molar-refractivity contribution in [1.29, 1.82) is 0 Å². The number of methoxy groups -OCH3 is 1. The number of likely N-dealkylation sites (tertiary alicyclic amines) is 1. The van der Waals surface area contributed by atoms with E-state index in [2.05, 4.69) is 21.9 Å². The largest absolute Gasteiger partial charge is 0.495 e. The predicted molar refractivity (Wildman–Crippen MR) is 132 cm³/mol. The third-order valence-corrected chi connectivity index (χ3v) is 7.51. The molecule has 1 aliphatic rings. The summed E-state index contributed by atoms with van der Waals surface area (Å²) in [6.45, 7) is 5.03. The molecule has 7 nitrogen and oxygen atoms in total. The van der Waals surface area contributed by atoms with Crippen LogP contribution in [-0.2, 0) is 10.0 Å². The molecule has 0 saturated carbocycles. The molecule has 1 fully saturated rings. The molecule has 1 amide bonds. The quantitative estimate of drug-likeness (QED) is 0.474. The molecular weight excluding hydrogens is 462 g/mol. The number of nitrogens with zero attached hydrogens (tertiary/aromatic N) is 1. The summed E-state index contributed by atoms with van der Waals surface area (Å²) in [5.74, 6) is 0.0505. The fraction of sp³-hybridized carbons (Fsp3) is 0.458. The molecule has 33 heavy (non-hydrogen) atoms. The summed E-state index contributed by atoms with van der Waals surface area (Å²) >= 11 is 5.99. The Bertz CT molecular complexity index is 1060. The SMILES string of the molecule is COc1ccc(Cl)cc1NS(=O)(=O)c1cccc(C(=O)NCCCCN2CCCCC2C)c1. The Hall–Kier alpha value is -2.29. The van der Waals surface area contributed by atoms with Gasteiger partial charge in [0.25, 0.3) is 15.9 Å². The molecule has 0 spiro atoms. The average molecular weight is 494 g/mol. The van der Waals surface area contributed by atoms with Crippen LogP contribution in [0, 0.1) is 0 Å². The van der Waals surface area contributed by atoms with Crippen LogP contribution in [0.25, 0.3) is 0 Å². The maximum atomic E-state index is 12.9. The standard InChI is InChI=1S/C24H32ClN3O4S/c1-18-8-3-5-14-28(18)15-6-4-13-26-24(29)19-9-7-10-21(16-19)33(30,31)27-22-17-20(25)11-12-23(22)32-2/h7,9-12,16-18,27H,3-6,8,13-15H2,1-2H3,(H,26,29). The highest BCUT2D eigenvalue weighted by molar-refractivity contribution is 7.92. The average Bonchev–Trinajstić information content (AvgIpc) is 2.80. The molecule has 180 valence electrons. The van der Waals surface area contributed by atoms with E-state index < -0.39 is 10.0 Å². The minimum atomic E-state index is -3.94. The van der Waals surface area contributed by atoms with Gasteiger partial charge in [0, 0.05) is 23.2 Å². The van der Waals surface area contributed by atoms with Crippen molar-refractivity contribution in [2.75, 3.05) is 31.5 Å². The number of amides is 1. The lowest BCUT2D eigenvalue weighted by molar-refractivity contribution is 0.0951. The predicted octanol–water partition coefficient (Wildman–Crippen LogP) is 4.53. The third-order valence-electron chi connectivity index (χ3n) is 5.91. The number of halogens is 1. The summed E-state index contributed by atoms with van der Waals surface area (Å²) in [4.78, 5) is 15.1. The molecule has 1 saturated heterocycles.